The van der Waals surface area contributed by atoms with Gasteiger partial charge in [0.2, 0.25) is 11.5 Å². The Hall–Kier alpha value is -4.25. The molecule has 0 aliphatic carbocycles. The van der Waals surface area contributed by atoms with E-state index in [4.69, 9.17) is 30.2 Å². The third-order valence-corrected chi connectivity index (χ3v) is 4.69. The first-order chi connectivity index (χ1) is 15.8. The van der Waals surface area contributed by atoms with Crippen molar-refractivity contribution in [2.24, 2.45) is 0 Å². The van der Waals surface area contributed by atoms with Crippen LogP contribution < -0.4 is 24.8 Å². The number of halogens is 1. The number of carbonyl (C=O) groups is 2. The number of furan rings is 1. The smallest absolute Gasteiger partial charge is 0.327 e. The highest BCUT2D eigenvalue weighted by Gasteiger charge is 2.32. The Balaban J connectivity index is 2.03. The lowest BCUT2D eigenvalue weighted by atomic mass is 10.1. The van der Waals surface area contributed by atoms with Crippen LogP contribution in [0.5, 0.6) is 17.2 Å². The quantitative estimate of drug-likeness (QED) is 0.361. The second-order valence-electron chi connectivity index (χ2n) is 6.37. The normalized spacial score (nSPS) is 10.3. The summed E-state index contributed by atoms with van der Waals surface area (Å²) < 4.78 is 20.5. The predicted molar refractivity (Wildman–Crippen MR) is 119 cm³/mol. The minimum Gasteiger partial charge on any atom is -0.493 e. The van der Waals surface area contributed by atoms with Crippen molar-refractivity contribution in [3.05, 3.63) is 69.1 Å². The molecule has 2 N–H and O–H groups in total. The van der Waals surface area contributed by atoms with Crippen molar-refractivity contribution in [1.82, 2.24) is 0 Å². The molecule has 172 valence electrons. The monoisotopic (exact) mass is 475 g/mol. The number of nitro benzene ring substituents is 1. The van der Waals surface area contributed by atoms with Crippen LogP contribution in [0.4, 0.5) is 17.1 Å². The fourth-order valence-electron chi connectivity index (χ4n) is 3.01. The predicted octanol–water partition coefficient (Wildman–Crippen LogP) is 4.37. The lowest BCUT2D eigenvalue weighted by molar-refractivity contribution is -0.386. The van der Waals surface area contributed by atoms with Crippen LogP contribution in [0.2, 0.25) is 5.02 Å². The van der Waals surface area contributed by atoms with Gasteiger partial charge >= 0.3 is 5.69 Å². The number of hydrogen-bond donors (Lipinski definition) is 2. The molecule has 1 aromatic heterocycles. The molecule has 1 heterocycles. The molecule has 0 radical (unpaired) electrons. The van der Waals surface area contributed by atoms with Crippen LogP contribution in [0.15, 0.2) is 47.1 Å². The van der Waals surface area contributed by atoms with Gasteiger partial charge in [0, 0.05) is 11.1 Å². The van der Waals surface area contributed by atoms with E-state index < -0.39 is 22.4 Å². The van der Waals surface area contributed by atoms with E-state index in [1.54, 1.807) is 6.07 Å². The van der Waals surface area contributed by atoms with Crippen LogP contribution in [0.3, 0.4) is 0 Å². The zero-order valence-corrected chi connectivity index (χ0v) is 18.4. The van der Waals surface area contributed by atoms with Gasteiger partial charge in [0.25, 0.3) is 11.8 Å². The summed E-state index contributed by atoms with van der Waals surface area (Å²) in [5.41, 5.74) is -0.699. The molecule has 0 saturated heterocycles. The third-order valence-electron chi connectivity index (χ3n) is 4.45. The van der Waals surface area contributed by atoms with Crippen molar-refractivity contribution in [3.63, 3.8) is 0 Å². The fourth-order valence-corrected chi connectivity index (χ4v) is 3.18. The third kappa shape index (κ3) is 4.83. The van der Waals surface area contributed by atoms with Crippen LogP contribution in [0, 0.1) is 10.1 Å². The summed E-state index contributed by atoms with van der Waals surface area (Å²) in [5.74, 6) is -1.69. The van der Waals surface area contributed by atoms with Gasteiger partial charge in [0.15, 0.2) is 11.5 Å². The number of rotatable bonds is 8. The Bertz CT molecular complexity index is 1210. The first kappa shape index (κ1) is 23.4. The maximum atomic E-state index is 13.1. The van der Waals surface area contributed by atoms with Gasteiger partial charge in [-0.15, -0.1) is 0 Å². The van der Waals surface area contributed by atoms with E-state index in [0.717, 1.165) is 6.07 Å². The second-order valence-corrected chi connectivity index (χ2v) is 6.81. The summed E-state index contributed by atoms with van der Waals surface area (Å²) in [5, 5.41) is 17.2. The molecule has 12 heteroatoms. The first-order valence-electron chi connectivity index (χ1n) is 9.23. The molecule has 0 fully saturated rings. The zero-order valence-electron chi connectivity index (χ0n) is 17.6. The molecule has 2 aromatic carbocycles. The highest BCUT2D eigenvalue weighted by atomic mass is 35.5. The van der Waals surface area contributed by atoms with E-state index >= 15 is 0 Å². The average Bonchev–Trinajstić information content (AvgIpc) is 3.34. The lowest BCUT2D eigenvalue weighted by Crippen LogP contribution is -2.18. The highest BCUT2D eigenvalue weighted by Crippen LogP contribution is 2.46. The summed E-state index contributed by atoms with van der Waals surface area (Å²) in [6.45, 7) is 0. The lowest BCUT2D eigenvalue weighted by Gasteiger charge is -2.16. The zero-order chi connectivity index (χ0) is 24.1. The summed E-state index contributed by atoms with van der Waals surface area (Å²) in [7, 11) is 3.80. The van der Waals surface area contributed by atoms with E-state index in [-0.39, 0.29) is 45.0 Å². The van der Waals surface area contributed by atoms with Crippen molar-refractivity contribution < 1.29 is 33.1 Å². The number of benzene rings is 2. The Labute approximate surface area is 192 Å². The SMILES string of the molecule is COc1cc(C(=O)Nc2ccc(Cl)cc2NC(=O)c2ccco2)c([N+](=O)[O-])c(OC)c1OC. The molecule has 3 aromatic rings. The fraction of sp³-hybridized carbons (Fsp3) is 0.143. The van der Waals surface area contributed by atoms with Gasteiger partial charge in [-0.1, -0.05) is 11.6 Å². The van der Waals surface area contributed by atoms with Gasteiger partial charge in [-0.25, -0.2) is 0 Å². The average molecular weight is 476 g/mol. The molecule has 0 spiro atoms. The standard InChI is InChI=1S/C21H18ClN3O8/c1-30-16-10-12(17(25(28)29)19(32-3)18(16)31-2)20(26)23-13-7-6-11(22)9-14(13)24-21(27)15-5-4-8-33-15/h4-10H,1-3H3,(H,23,26)(H,24,27). The van der Waals surface area contributed by atoms with Crippen LogP contribution >= 0.6 is 11.6 Å². The maximum Gasteiger partial charge on any atom is 0.327 e. The number of amides is 2. The number of carbonyl (C=O) groups excluding carboxylic acids is 2. The van der Waals surface area contributed by atoms with Gasteiger partial charge in [0.05, 0.1) is 43.9 Å². The van der Waals surface area contributed by atoms with Crippen molar-refractivity contribution in [2.45, 2.75) is 0 Å². The molecular weight excluding hydrogens is 458 g/mol. The molecular formula is C21H18ClN3O8. The van der Waals surface area contributed by atoms with Crippen molar-refractivity contribution in [2.75, 3.05) is 32.0 Å². The van der Waals surface area contributed by atoms with E-state index in [2.05, 4.69) is 10.6 Å². The minimum atomic E-state index is -0.864. The molecule has 0 aliphatic rings. The first-order valence-corrected chi connectivity index (χ1v) is 9.61. The van der Waals surface area contributed by atoms with Gasteiger partial charge in [-0.2, -0.15) is 0 Å². The number of nitrogens with zero attached hydrogens (tertiary/aromatic N) is 1. The van der Waals surface area contributed by atoms with Crippen LogP contribution in [-0.2, 0) is 0 Å². The molecule has 0 unspecified atom stereocenters. The largest absolute Gasteiger partial charge is 0.493 e. The summed E-state index contributed by atoms with van der Waals surface area (Å²) >= 11 is 6.03. The topological polar surface area (TPSA) is 142 Å². The van der Waals surface area contributed by atoms with Gasteiger partial charge in [-0.05, 0) is 30.3 Å². The van der Waals surface area contributed by atoms with Crippen molar-refractivity contribution in [1.29, 1.82) is 0 Å². The minimum absolute atomic E-state index is 0.0347. The van der Waals surface area contributed by atoms with Gasteiger partial charge in [-0.3, -0.25) is 19.7 Å². The molecule has 0 saturated carbocycles. The molecule has 0 bridgehead atoms. The molecule has 2 amide bonds. The number of methoxy groups -OCH3 is 3. The Kier molecular flexibility index (Phi) is 7.04. The van der Waals surface area contributed by atoms with Gasteiger partial charge < -0.3 is 29.3 Å². The molecule has 3 rings (SSSR count). The van der Waals surface area contributed by atoms with E-state index in [0.29, 0.717) is 0 Å². The Morgan fingerprint density at radius 1 is 0.970 bits per heavy atom. The maximum absolute atomic E-state index is 13.1. The van der Waals surface area contributed by atoms with Crippen molar-refractivity contribution >= 4 is 40.5 Å². The molecule has 33 heavy (non-hydrogen) atoms. The van der Waals surface area contributed by atoms with Gasteiger partial charge in [0.1, 0.15) is 5.56 Å². The van der Waals surface area contributed by atoms with Crippen LogP contribution in [0.1, 0.15) is 20.9 Å². The van der Waals surface area contributed by atoms with E-state index in [1.807, 2.05) is 0 Å². The number of ether oxygens (including phenoxy) is 3. The number of anilines is 2. The van der Waals surface area contributed by atoms with E-state index in [1.165, 1.54) is 51.9 Å². The Morgan fingerprint density at radius 2 is 1.67 bits per heavy atom. The Morgan fingerprint density at radius 3 is 2.24 bits per heavy atom. The highest BCUT2D eigenvalue weighted by molar-refractivity contribution is 6.31. The van der Waals surface area contributed by atoms with Crippen molar-refractivity contribution in [3.8, 4) is 17.2 Å². The summed E-state index contributed by atoms with van der Waals surface area (Å²) in [6.07, 6.45) is 1.33. The molecule has 11 nitrogen and oxygen atoms in total. The van der Waals surface area contributed by atoms with E-state index in [9.17, 15) is 19.7 Å². The number of nitro groups is 1. The molecule has 0 aliphatic heterocycles. The van der Waals surface area contributed by atoms with Crippen LogP contribution in [-0.4, -0.2) is 38.1 Å². The van der Waals surface area contributed by atoms with Crippen LogP contribution in [0.25, 0.3) is 0 Å². The summed E-state index contributed by atoms with van der Waals surface area (Å²) in [6, 6.07) is 8.47. The molecule has 0 atom stereocenters. The summed E-state index contributed by atoms with van der Waals surface area (Å²) in [4.78, 5) is 36.5. The number of nitrogens with one attached hydrogen (secondary N) is 2. The second kappa shape index (κ2) is 9.92. The number of hydrogen-bond acceptors (Lipinski definition) is 8.